The van der Waals surface area contributed by atoms with E-state index in [1.165, 1.54) is 0 Å². The van der Waals surface area contributed by atoms with Gasteiger partial charge in [-0.25, -0.2) is 0 Å². The fourth-order valence-corrected chi connectivity index (χ4v) is 2.68. The predicted molar refractivity (Wildman–Crippen MR) is 111 cm³/mol. The first-order chi connectivity index (χ1) is 13.2. The quantitative estimate of drug-likeness (QED) is 0.389. The third-order valence-corrected chi connectivity index (χ3v) is 4.40. The molecule has 3 rings (SSSR count). The van der Waals surface area contributed by atoms with Crippen molar-refractivity contribution in [2.24, 2.45) is 5.10 Å². The van der Waals surface area contributed by atoms with Crippen LogP contribution in [-0.2, 0) is 6.61 Å². The Kier molecular flexibility index (Phi) is 6.58. The molecule has 0 spiro atoms. The van der Waals surface area contributed by atoms with Crippen LogP contribution in [-0.4, -0.2) is 13.3 Å². The van der Waals surface area contributed by atoms with Crippen molar-refractivity contribution >= 4 is 35.1 Å². The number of nitrogens with one attached hydrogen (secondary N) is 1. The van der Waals surface area contributed by atoms with E-state index in [0.717, 1.165) is 16.8 Å². The first kappa shape index (κ1) is 19.1. The SMILES string of the molecule is COc1ccc(C=NNc2ccc(Cl)cc2)cc1OCc1ccccc1Cl. The number of hydrogen-bond acceptors (Lipinski definition) is 4. The van der Waals surface area contributed by atoms with E-state index >= 15 is 0 Å². The van der Waals surface area contributed by atoms with Gasteiger partial charge in [0.2, 0.25) is 0 Å². The largest absolute Gasteiger partial charge is 0.493 e. The molecule has 0 amide bonds. The van der Waals surface area contributed by atoms with Gasteiger partial charge in [-0.1, -0.05) is 41.4 Å². The lowest BCUT2D eigenvalue weighted by molar-refractivity contribution is 0.284. The van der Waals surface area contributed by atoms with Gasteiger partial charge in [0.15, 0.2) is 11.5 Å². The second kappa shape index (κ2) is 9.31. The topological polar surface area (TPSA) is 42.8 Å². The molecule has 0 aliphatic rings. The number of rotatable bonds is 7. The Balaban J connectivity index is 1.69. The molecule has 0 fully saturated rings. The Morgan fingerprint density at radius 1 is 0.963 bits per heavy atom. The predicted octanol–water partition coefficient (Wildman–Crippen LogP) is 6.03. The number of hydrazone groups is 1. The average Bonchev–Trinajstić information content (AvgIpc) is 2.69. The van der Waals surface area contributed by atoms with Crippen LogP contribution in [0.1, 0.15) is 11.1 Å². The van der Waals surface area contributed by atoms with E-state index < -0.39 is 0 Å². The normalized spacial score (nSPS) is 10.8. The lowest BCUT2D eigenvalue weighted by atomic mass is 10.2. The Morgan fingerprint density at radius 2 is 1.74 bits per heavy atom. The monoisotopic (exact) mass is 400 g/mol. The van der Waals surface area contributed by atoms with Gasteiger partial charge in [-0.15, -0.1) is 0 Å². The molecule has 0 bridgehead atoms. The summed E-state index contributed by atoms with van der Waals surface area (Å²) in [4.78, 5) is 0. The van der Waals surface area contributed by atoms with E-state index in [0.29, 0.717) is 28.2 Å². The van der Waals surface area contributed by atoms with Gasteiger partial charge < -0.3 is 9.47 Å². The Morgan fingerprint density at radius 3 is 2.48 bits per heavy atom. The molecule has 3 aromatic carbocycles. The Hall–Kier alpha value is -2.69. The zero-order chi connectivity index (χ0) is 19.1. The molecule has 0 unspecified atom stereocenters. The molecular weight excluding hydrogens is 383 g/mol. The van der Waals surface area contributed by atoms with E-state index in [4.69, 9.17) is 32.7 Å². The van der Waals surface area contributed by atoms with Gasteiger partial charge in [0.25, 0.3) is 0 Å². The molecule has 0 aliphatic carbocycles. The lowest BCUT2D eigenvalue weighted by Crippen LogP contribution is -1.99. The number of anilines is 1. The van der Waals surface area contributed by atoms with Crippen molar-refractivity contribution in [3.63, 3.8) is 0 Å². The van der Waals surface area contributed by atoms with Crippen LogP contribution in [0.25, 0.3) is 0 Å². The van der Waals surface area contributed by atoms with Crippen LogP contribution in [0.2, 0.25) is 10.0 Å². The van der Waals surface area contributed by atoms with E-state index in [2.05, 4.69) is 10.5 Å². The van der Waals surface area contributed by atoms with Crippen LogP contribution < -0.4 is 14.9 Å². The molecule has 0 atom stereocenters. The summed E-state index contributed by atoms with van der Waals surface area (Å²) in [5.41, 5.74) is 5.58. The third-order valence-electron chi connectivity index (χ3n) is 3.78. The molecule has 0 saturated carbocycles. The molecule has 138 valence electrons. The van der Waals surface area contributed by atoms with Crippen molar-refractivity contribution in [1.29, 1.82) is 0 Å². The highest BCUT2D eigenvalue weighted by atomic mass is 35.5. The first-order valence-corrected chi connectivity index (χ1v) is 9.00. The van der Waals surface area contributed by atoms with Crippen LogP contribution in [0, 0.1) is 0 Å². The summed E-state index contributed by atoms with van der Waals surface area (Å²) in [6.45, 7) is 0.347. The Bertz CT molecular complexity index is 928. The summed E-state index contributed by atoms with van der Waals surface area (Å²) in [7, 11) is 1.60. The molecule has 0 aromatic heterocycles. The van der Waals surface area contributed by atoms with Gasteiger partial charge in [-0.2, -0.15) is 5.10 Å². The molecule has 3 aromatic rings. The summed E-state index contributed by atoms with van der Waals surface area (Å²) in [6.07, 6.45) is 1.70. The van der Waals surface area contributed by atoms with Crippen LogP contribution in [0.15, 0.2) is 71.8 Å². The number of hydrogen-bond donors (Lipinski definition) is 1. The van der Waals surface area contributed by atoms with Crippen molar-refractivity contribution in [2.75, 3.05) is 12.5 Å². The standard InChI is InChI=1S/C21H18Cl2N2O2/c1-26-20-11-6-15(13-24-25-18-9-7-17(22)8-10-18)12-21(20)27-14-16-4-2-3-5-19(16)23/h2-13,25H,14H2,1H3. The minimum Gasteiger partial charge on any atom is -0.493 e. The zero-order valence-electron chi connectivity index (χ0n) is 14.7. The fourth-order valence-electron chi connectivity index (χ4n) is 2.36. The summed E-state index contributed by atoms with van der Waals surface area (Å²) >= 11 is 12.1. The smallest absolute Gasteiger partial charge is 0.162 e. The van der Waals surface area contributed by atoms with Gasteiger partial charge in [-0.3, -0.25) is 5.43 Å². The number of nitrogens with zero attached hydrogens (tertiary/aromatic N) is 1. The minimum atomic E-state index is 0.347. The van der Waals surface area contributed by atoms with Crippen molar-refractivity contribution < 1.29 is 9.47 Å². The second-order valence-electron chi connectivity index (χ2n) is 5.67. The number of ether oxygens (including phenoxy) is 2. The minimum absolute atomic E-state index is 0.347. The van der Waals surface area contributed by atoms with E-state index in [1.807, 2.05) is 54.6 Å². The number of halogens is 2. The molecule has 0 radical (unpaired) electrons. The summed E-state index contributed by atoms with van der Waals surface area (Å²) in [5, 5.41) is 5.58. The number of methoxy groups -OCH3 is 1. The average molecular weight is 401 g/mol. The van der Waals surface area contributed by atoms with Crippen LogP contribution in [0.5, 0.6) is 11.5 Å². The van der Waals surface area contributed by atoms with E-state index in [-0.39, 0.29) is 0 Å². The van der Waals surface area contributed by atoms with E-state index in [9.17, 15) is 0 Å². The van der Waals surface area contributed by atoms with Crippen molar-refractivity contribution in [3.05, 3.63) is 87.9 Å². The highest BCUT2D eigenvalue weighted by Gasteiger charge is 2.07. The molecule has 0 heterocycles. The maximum atomic E-state index is 6.18. The van der Waals surface area contributed by atoms with Gasteiger partial charge in [0.1, 0.15) is 6.61 Å². The Labute approximate surface area is 168 Å². The molecule has 27 heavy (non-hydrogen) atoms. The van der Waals surface area contributed by atoms with Crippen molar-refractivity contribution in [1.82, 2.24) is 0 Å². The number of benzene rings is 3. The van der Waals surface area contributed by atoms with Crippen LogP contribution in [0.4, 0.5) is 5.69 Å². The van der Waals surface area contributed by atoms with Gasteiger partial charge in [0, 0.05) is 15.6 Å². The molecule has 1 N–H and O–H groups in total. The molecule has 0 aliphatic heterocycles. The van der Waals surface area contributed by atoms with Crippen molar-refractivity contribution in [2.45, 2.75) is 6.61 Å². The maximum Gasteiger partial charge on any atom is 0.162 e. The van der Waals surface area contributed by atoms with Crippen molar-refractivity contribution in [3.8, 4) is 11.5 Å². The van der Waals surface area contributed by atoms with E-state index in [1.54, 1.807) is 25.5 Å². The van der Waals surface area contributed by atoms with Crippen LogP contribution >= 0.6 is 23.2 Å². The van der Waals surface area contributed by atoms with Crippen LogP contribution in [0.3, 0.4) is 0 Å². The molecule has 6 heteroatoms. The van der Waals surface area contributed by atoms with Gasteiger partial charge in [-0.05, 0) is 54.1 Å². The summed E-state index contributed by atoms with van der Waals surface area (Å²) in [5.74, 6) is 1.26. The summed E-state index contributed by atoms with van der Waals surface area (Å²) < 4.78 is 11.3. The second-order valence-corrected chi connectivity index (χ2v) is 6.51. The molecular formula is C21H18Cl2N2O2. The highest BCUT2D eigenvalue weighted by Crippen LogP contribution is 2.29. The third kappa shape index (κ3) is 5.39. The zero-order valence-corrected chi connectivity index (χ0v) is 16.2. The lowest BCUT2D eigenvalue weighted by Gasteiger charge is -2.12. The van der Waals surface area contributed by atoms with Gasteiger partial charge >= 0.3 is 0 Å². The maximum absolute atomic E-state index is 6.18. The fraction of sp³-hybridized carbons (Fsp3) is 0.0952. The highest BCUT2D eigenvalue weighted by molar-refractivity contribution is 6.31. The molecule has 0 saturated heterocycles. The van der Waals surface area contributed by atoms with Gasteiger partial charge in [0.05, 0.1) is 19.0 Å². The first-order valence-electron chi connectivity index (χ1n) is 8.24. The summed E-state index contributed by atoms with van der Waals surface area (Å²) in [6, 6.07) is 20.5. The molecule has 4 nitrogen and oxygen atoms in total.